The molecule has 26 heavy (non-hydrogen) atoms. The number of ether oxygens (including phenoxy) is 2. The van der Waals surface area contributed by atoms with E-state index in [-0.39, 0.29) is 12.5 Å². The minimum absolute atomic E-state index is 0.203. The lowest BCUT2D eigenvalue weighted by molar-refractivity contribution is -0.0517. The molecule has 0 aromatic rings. The van der Waals surface area contributed by atoms with Crippen molar-refractivity contribution in [3.63, 3.8) is 0 Å². The van der Waals surface area contributed by atoms with Crippen LogP contribution in [-0.2, 0) is 9.47 Å². The molecular formula is C16H26FN3O6. The first-order chi connectivity index (χ1) is 12.3. The number of halogens is 1. The molecule has 2 aliphatic rings. The van der Waals surface area contributed by atoms with Gasteiger partial charge in [-0.05, 0) is 12.8 Å². The van der Waals surface area contributed by atoms with Gasteiger partial charge in [-0.25, -0.2) is 14.0 Å². The Hall–Kier alpha value is -1.91. The highest BCUT2D eigenvalue weighted by molar-refractivity contribution is 5.79. The molecule has 10 heteroatoms. The van der Waals surface area contributed by atoms with Crippen LogP contribution in [0.5, 0.6) is 0 Å². The van der Waals surface area contributed by atoms with E-state index in [1.165, 1.54) is 6.92 Å². The Bertz CT molecular complexity index is 556. The van der Waals surface area contributed by atoms with Gasteiger partial charge in [0, 0.05) is 6.20 Å². The normalized spacial score (nSPS) is 31.7. The predicted molar refractivity (Wildman–Crippen MR) is 88.3 cm³/mol. The van der Waals surface area contributed by atoms with Gasteiger partial charge in [-0.15, -0.1) is 0 Å². The van der Waals surface area contributed by atoms with Crippen molar-refractivity contribution in [2.75, 3.05) is 6.61 Å². The summed E-state index contributed by atoms with van der Waals surface area (Å²) in [7, 11) is 0. The minimum Gasteiger partial charge on any atom is -0.449 e. The van der Waals surface area contributed by atoms with E-state index in [2.05, 4.69) is 10.6 Å². The van der Waals surface area contributed by atoms with Gasteiger partial charge in [0.05, 0.1) is 12.7 Å². The van der Waals surface area contributed by atoms with Gasteiger partial charge in [-0.3, -0.25) is 10.2 Å². The van der Waals surface area contributed by atoms with Crippen LogP contribution in [0.2, 0.25) is 0 Å². The molecule has 2 aliphatic heterocycles. The maximum absolute atomic E-state index is 14.3. The zero-order chi connectivity index (χ0) is 19.4. The second-order valence-corrected chi connectivity index (χ2v) is 6.44. The Kier molecular flexibility index (Phi) is 6.79. The summed E-state index contributed by atoms with van der Waals surface area (Å²) in [6.07, 6.45) is -4.22. The van der Waals surface area contributed by atoms with Crippen LogP contribution in [0.1, 0.15) is 33.6 Å². The van der Waals surface area contributed by atoms with Gasteiger partial charge >= 0.3 is 12.1 Å². The molecule has 1 unspecified atom stereocenters. The molecule has 2 rings (SSSR count). The SMILES string of the molecule is CCC(CC)COC(=O)NC1NC(=O)N([C@@H]2O[C@H](C)[C@@H](O)[C@H]2O)C=C1F. The molecule has 148 valence electrons. The Morgan fingerprint density at radius 3 is 2.62 bits per heavy atom. The van der Waals surface area contributed by atoms with Crippen LogP contribution in [0.4, 0.5) is 14.0 Å². The Labute approximate surface area is 151 Å². The highest BCUT2D eigenvalue weighted by Gasteiger charge is 2.46. The fourth-order valence-corrected chi connectivity index (χ4v) is 2.76. The average molecular weight is 375 g/mol. The molecule has 5 atom stereocenters. The predicted octanol–water partition coefficient (Wildman–Crippen LogP) is 0.778. The number of alkyl carbamates (subject to hydrolysis) is 1. The topological polar surface area (TPSA) is 120 Å². The van der Waals surface area contributed by atoms with Crippen molar-refractivity contribution in [2.45, 2.75) is 64.3 Å². The average Bonchev–Trinajstić information content (AvgIpc) is 2.86. The molecule has 0 aliphatic carbocycles. The number of nitrogens with zero attached hydrogens (tertiary/aromatic N) is 1. The number of aliphatic hydroxyl groups excluding tert-OH is 2. The first kappa shape index (κ1) is 20.4. The molecule has 3 amide bonds. The first-order valence-corrected chi connectivity index (χ1v) is 8.69. The Balaban J connectivity index is 1.96. The lowest BCUT2D eigenvalue weighted by atomic mass is 10.1. The smallest absolute Gasteiger partial charge is 0.409 e. The maximum atomic E-state index is 14.3. The van der Waals surface area contributed by atoms with Crippen LogP contribution in [0.15, 0.2) is 12.0 Å². The second-order valence-electron chi connectivity index (χ2n) is 6.44. The number of amides is 3. The summed E-state index contributed by atoms with van der Waals surface area (Å²) in [6.45, 7) is 5.68. The summed E-state index contributed by atoms with van der Waals surface area (Å²) in [5.41, 5.74) is 0. The summed E-state index contributed by atoms with van der Waals surface area (Å²) in [6, 6.07) is -0.790. The van der Waals surface area contributed by atoms with Gasteiger partial charge in [0.1, 0.15) is 12.2 Å². The number of urea groups is 1. The van der Waals surface area contributed by atoms with Crippen LogP contribution in [0, 0.1) is 5.92 Å². The van der Waals surface area contributed by atoms with E-state index >= 15 is 0 Å². The number of carbonyl (C=O) groups excluding carboxylic acids is 2. The van der Waals surface area contributed by atoms with Crippen LogP contribution in [-0.4, -0.2) is 64.5 Å². The number of carbonyl (C=O) groups is 2. The molecule has 0 aromatic carbocycles. The number of rotatable bonds is 6. The molecule has 0 aromatic heterocycles. The standard InChI is InChI=1S/C16H26FN3O6/c1-4-9(5-2)7-25-16(24)19-13-10(17)6-20(15(23)18-13)14-12(22)11(21)8(3)26-14/h6,8-9,11-14,21-22H,4-5,7H2,1-3H3,(H,18,23)(H,19,24)/t8-,11-,12-,13?,14-/m1/s1. The summed E-state index contributed by atoms with van der Waals surface area (Å²) in [5, 5.41) is 24.1. The second kappa shape index (κ2) is 8.65. The van der Waals surface area contributed by atoms with Gasteiger partial charge in [-0.2, -0.15) is 0 Å². The van der Waals surface area contributed by atoms with E-state index in [9.17, 15) is 24.2 Å². The van der Waals surface area contributed by atoms with Crippen molar-refractivity contribution < 1.29 is 33.7 Å². The van der Waals surface area contributed by atoms with Crippen molar-refractivity contribution in [3.05, 3.63) is 12.0 Å². The Morgan fingerprint density at radius 1 is 1.42 bits per heavy atom. The zero-order valence-corrected chi connectivity index (χ0v) is 15.0. The highest BCUT2D eigenvalue weighted by Crippen LogP contribution is 2.26. The first-order valence-electron chi connectivity index (χ1n) is 8.69. The van der Waals surface area contributed by atoms with Gasteiger partial charge in [0.25, 0.3) is 0 Å². The van der Waals surface area contributed by atoms with Gasteiger partial charge in [-0.1, -0.05) is 26.7 Å². The fourth-order valence-electron chi connectivity index (χ4n) is 2.76. The van der Waals surface area contributed by atoms with E-state index < -0.39 is 48.7 Å². The van der Waals surface area contributed by atoms with Gasteiger partial charge < -0.3 is 25.0 Å². The van der Waals surface area contributed by atoms with Crippen molar-refractivity contribution >= 4 is 12.1 Å². The fraction of sp³-hybridized carbons (Fsp3) is 0.750. The van der Waals surface area contributed by atoms with Crippen LogP contribution < -0.4 is 10.6 Å². The van der Waals surface area contributed by atoms with Crippen LogP contribution >= 0.6 is 0 Å². The quantitative estimate of drug-likeness (QED) is 0.544. The maximum Gasteiger partial charge on any atom is 0.409 e. The number of hydrogen-bond donors (Lipinski definition) is 4. The van der Waals surface area contributed by atoms with E-state index in [0.29, 0.717) is 0 Å². The van der Waals surface area contributed by atoms with E-state index in [0.717, 1.165) is 23.9 Å². The van der Waals surface area contributed by atoms with Crippen molar-refractivity contribution in [2.24, 2.45) is 5.92 Å². The zero-order valence-electron chi connectivity index (χ0n) is 15.0. The molecule has 0 bridgehead atoms. The number of hydrogen-bond acceptors (Lipinski definition) is 6. The molecule has 2 heterocycles. The molecule has 1 fully saturated rings. The van der Waals surface area contributed by atoms with Crippen LogP contribution in [0.25, 0.3) is 0 Å². The van der Waals surface area contributed by atoms with Crippen LogP contribution in [0.3, 0.4) is 0 Å². The number of nitrogens with one attached hydrogen (secondary N) is 2. The summed E-state index contributed by atoms with van der Waals surface area (Å²) >= 11 is 0. The molecule has 9 nitrogen and oxygen atoms in total. The minimum atomic E-state index is -1.38. The summed E-state index contributed by atoms with van der Waals surface area (Å²) in [4.78, 5) is 24.8. The summed E-state index contributed by atoms with van der Waals surface area (Å²) < 4.78 is 24.6. The van der Waals surface area contributed by atoms with E-state index in [1.54, 1.807) is 0 Å². The number of aliphatic hydroxyl groups is 2. The lowest BCUT2D eigenvalue weighted by Gasteiger charge is -2.33. The Morgan fingerprint density at radius 2 is 2.08 bits per heavy atom. The molecule has 0 radical (unpaired) electrons. The molecular weight excluding hydrogens is 349 g/mol. The monoisotopic (exact) mass is 375 g/mol. The molecule has 0 spiro atoms. The highest BCUT2D eigenvalue weighted by atomic mass is 19.1. The van der Waals surface area contributed by atoms with E-state index in [1.807, 2.05) is 13.8 Å². The lowest BCUT2D eigenvalue weighted by Crippen LogP contribution is -2.58. The van der Waals surface area contributed by atoms with Crippen molar-refractivity contribution in [1.82, 2.24) is 15.5 Å². The third-order valence-corrected chi connectivity index (χ3v) is 4.66. The summed E-state index contributed by atoms with van der Waals surface area (Å²) in [5.74, 6) is -0.652. The van der Waals surface area contributed by atoms with Crippen molar-refractivity contribution in [1.29, 1.82) is 0 Å². The van der Waals surface area contributed by atoms with E-state index in [4.69, 9.17) is 9.47 Å². The third-order valence-electron chi connectivity index (χ3n) is 4.66. The third kappa shape index (κ3) is 4.43. The largest absolute Gasteiger partial charge is 0.449 e. The molecule has 1 saturated heterocycles. The van der Waals surface area contributed by atoms with Crippen molar-refractivity contribution in [3.8, 4) is 0 Å². The van der Waals surface area contributed by atoms with Gasteiger partial charge in [0.2, 0.25) is 0 Å². The van der Waals surface area contributed by atoms with Gasteiger partial charge in [0.15, 0.2) is 18.2 Å². The molecule has 4 N–H and O–H groups in total. The molecule has 0 saturated carbocycles.